The highest BCUT2D eigenvalue weighted by Gasteiger charge is 2.07. The molecule has 0 aromatic heterocycles. The van der Waals surface area contributed by atoms with Gasteiger partial charge in [-0.3, -0.25) is 0 Å². The van der Waals surface area contributed by atoms with Crippen molar-refractivity contribution in [2.75, 3.05) is 6.54 Å². The van der Waals surface area contributed by atoms with E-state index in [1.807, 2.05) is 0 Å². The van der Waals surface area contributed by atoms with Crippen molar-refractivity contribution in [3.63, 3.8) is 0 Å². The van der Waals surface area contributed by atoms with E-state index in [2.05, 4.69) is 23.5 Å². The Hall–Kier alpha value is -0.810. The molecule has 0 fully saturated rings. The van der Waals surface area contributed by atoms with Crippen molar-refractivity contribution >= 4 is 0 Å². The third kappa shape index (κ3) is 2.20. The molecule has 0 unspecified atom stereocenters. The van der Waals surface area contributed by atoms with Gasteiger partial charge in [0.15, 0.2) is 0 Å². The molecule has 0 radical (unpaired) electrons. The summed E-state index contributed by atoms with van der Waals surface area (Å²) in [4.78, 5) is 0. The van der Waals surface area contributed by atoms with E-state index in [4.69, 9.17) is 5.26 Å². The number of nitrogens with zero attached hydrogens (tertiary/aromatic N) is 1. The van der Waals surface area contributed by atoms with Gasteiger partial charge in [0.25, 0.3) is 0 Å². The maximum atomic E-state index is 8.23. The quantitative estimate of drug-likeness (QED) is 0.467. The van der Waals surface area contributed by atoms with Crippen LogP contribution in [0.2, 0.25) is 0 Å². The lowest BCUT2D eigenvalue weighted by atomic mass is 10.2. The lowest BCUT2D eigenvalue weighted by Gasteiger charge is -2.08. The lowest BCUT2D eigenvalue weighted by Crippen LogP contribution is -2.26. The first kappa shape index (κ1) is 7.30. The van der Waals surface area contributed by atoms with Gasteiger partial charge in [-0.1, -0.05) is 12.2 Å². The summed E-state index contributed by atoms with van der Waals surface area (Å²) in [7, 11) is 0. The minimum atomic E-state index is 0.605. The van der Waals surface area contributed by atoms with Crippen LogP contribution in [0.3, 0.4) is 0 Å². The summed E-state index contributed by atoms with van der Waals surface area (Å²) >= 11 is 0. The summed E-state index contributed by atoms with van der Waals surface area (Å²) < 4.78 is 0. The first-order valence-electron chi connectivity index (χ1n) is 3.69. The van der Waals surface area contributed by atoms with Crippen LogP contribution in [0.15, 0.2) is 12.2 Å². The number of hydrogen-bond acceptors (Lipinski definition) is 2. The first-order chi connectivity index (χ1) is 4.93. The maximum Gasteiger partial charge on any atom is 0.0635 e. The molecular formula is C8H12N2. The molecule has 0 heterocycles. The standard InChI is InChI=1S/C8H12N2/c9-6-3-7-10-8-4-1-2-5-8/h1-2,8,10H,3-5,7H2. The number of rotatable bonds is 3. The van der Waals surface area contributed by atoms with Crippen LogP contribution in [-0.2, 0) is 0 Å². The molecule has 2 nitrogen and oxygen atoms in total. The molecule has 2 heteroatoms. The summed E-state index contributed by atoms with van der Waals surface area (Å²) in [6, 6.07) is 2.71. The Morgan fingerprint density at radius 3 is 2.80 bits per heavy atom. The Morgan fingerprint density at radius 1 is 1.50 bits per heavy atom. The third-order valence-electron chi connectivity index (χ3n) is 1.68. The molecule has 54 valence electrons. The summed E-state index contributed by atoms with van der Waals surface area (Å²) in [6.45, 7) is 0.836. The van der Waals surface area contributed by atoms with E-state index in [0.717, 1.165) is 19.4 Å². The molecule has 0 bridgehead atoms. The van der Waals surface area contributed by atoms with E-state index in [-0.39, 0.29) is 0 Å². The highest BCUT2D eigenvalue weighted by Crippen LogP contribution is 2.08. The minimum Gasteiger partial charge on any atom is -0.312 e. The zero-order chi connectivity index (χ0) is 7.23. The van der Waals surface area contributed by atoms with E-state index in [0.29, 0.717) is 12.5 Å². The summed E-state index contributed by atoms with van der Waals surface area (Å²) in [5.41, 5.74) is 0. The van der Waals surface area contributed by atoms with Crippen molar-refractivity contribution < 1.29 is 0 Å². The van der Waals surface area contributed by atoms with Gasteiger partial charge < -0.3 is 5.32 Å². The van der Waals surface area contributed by atoms with Crippen molar-refractivity contribution in [3.05, 3.63) is 12.2 Å². The van der Waals surface area contributed by atoms with Gasteiger partial charge in [-0.15, -0.1) is 0 Å². The molecule has 1 aliphatic carbocycles. The Kier molecular flexibility index (Phi) is 2.98. The third-order valence-corrected chi connectivity index (χ3v) is 1.68. The summed E-state index contributed by atoms with van der Waals surface area (Å²) in [5.74, 6) is 0. The molecule has 1 rings (SSSR count). The van der Waals surface area contributed by atoms with Crippen LogP contribution < -0.4 is 5.32 Å². The van der Waals surface area contributed by atoms with Crippen molar-refractivity contribution in [2.24, 2.45) is 0 Å². The molecule has 0 aromatic carbocycles. The molecule has 0 spiro atoms. The van der Waals surface area contributed by atoms with Crippen molar-refractivity contribution in [1.29, 1.82) is 5.26 Å². The van der Waals surface area contributed by atoms with Gasteiger partial charge in [-0.25, -0.2) is 0 Å². The van der Waals surface area contributed by atoms with Crippen LogP contribution in [-0.4, -0.2) is 12.6 Å². The Bertz CT molecular complexity index is 147. The minimum absolute atomic E-state index is 0.605. The van der Waals surface area contributed by atoms with Crippen molar-refractivity contribution in [2.45, 2.75) is 25.3 Å². The Balaban J connectivity index is 1.99. The average molecular weight is 136 g/mol. The monoisotopic (exact) mass is 136 g/mol. The fourth-order valence-corrected chi connectivity index (χ4v) is 1.12. The highest BCUT2D eigenvalue weighted by molar-refractivity contribution is 4.97. The maximum absolute atomic E-state index is 8.23. The van der Waals surface area contributed by atoms with E-state index >= 15 is 0 Å². The summed E-state index contributed by atoms with van der Waals surface area (Å²) in [6.07, 6.45) is 7.25. The molecule has 0 amide bonds. The molecular weight excluding hydrogens is 124 g/mol. The van der Waals surface area contributed by atoms with Crippen LogP contribution in [0.1, 0.15) is 19.3 Å². The van der Waals surface area contributed by atoms with E-state index in [9.17, 15) is 0 Å². The zero-order valence-electron chi connectivity index (χ0n) is 6.01. The van der Waals surface area contributed by atoms with Crippen LogP contribution >= 0.6 is 0 Å². The second kappa shape index (κ2) is 4.08. The average Bonchev–Trinajstić information content (AvgIpc) is 2.41. The zero-order valence-corrected chi connectivity index (χ0v) is 6.01. The lowest BCUT2D eigenvalue weighted by molar-refractivity contribution is 0.546. The van der Waals surface area contributed by atoms with E-state index in [1.165, 1.54) is 0 Å². The molecule has 0 atom stereocenters. The number of hydrogen-bond donors (Lipinski definition) is 1. The van der Waals surface area contributed by atoms with Crippen LogP contribution in [0, 0.1) is 11.3 Å². The molecule has 0 aliphatic heterocycles. The summed E-state index contributed by atoms with van der Waals surface area (Å²) in [5, 5.41) is 11.5. The van der Waals surface area contributed by atoms with Crippen molar-refractivity contribution in [1.82, 2.24) is 5.32 Å². The van der Waals surface area contributed by atoms with Crippen LogP contribution in [0.25, 0.3) is 0 Å². The molecule has 0 aromatic rings. The van der Waals surface area contributed by atoms with Crippen LogP contribution in [0.5, 0.6) is 0 Å². The first-order valence-corrected chi connectivity index (χ1v) is 3.69. The predicted octanol–water partition coefficient (Wildman–Crippen LogP) is 1.21. The molecule has 0 saturated carbocycles. The van der Waals surface area contributed by atoms with Gasteiger partial charge in [0.2, 0.25) is 0 Å². The van der Waals surface area contributed by atoms with E-state index < -0.39 is 0 Å². The van der Waals surface area contributed by atoms with Gasteiger partial charge in [0, 0.05) is 19.0 Å². The Labute approximate surface area is 61.5 Å². The van der Waals surface area contributed by atoms with Gasteiger partial charge in [0.05, 0.1) is 6.07 Å². The smallest absolute Gasteiger partial charge is 0.0635 e. The molecule has 10 heavy (non-hydrogen) atoms. The van der Waals surface area contributed by atoms with Crippen molar-refractivity contribution in [3.8, 4) is 6.07 Å². The Morgan fingerprint density at radius 2 is 2.20 bits per heavy atom. The molecule has 1 N–H and O–H groups in total. The fraction of sp³-hybridized carbons (Fsp3) is 0.625. The number of nitrogens with one attached hydrogen (secondary N) is 1. The SMILES string of the molecule is N#CCCNC1CC=CC1. The van der Waals surface area contributed by atoms with Gasteiger partial charge in [0.1, 0.15) is 0 Å². The number of nitriles is 1. The topological polar surface area (TPSA) is 35.8 Å². The normalized spacial score (nSPS) is 17.5. The second-order valence-electron chi connectivity index (χ2n) is 2.50. The van der Waals surface area contributed by atoms with Gasteiger partial charge >= 0.3 is 0 Å². The molecule has 0 saturated heterocycles. The highest BCUT2D eigenvalue weighted by atomic mass is 14.9. The van der Waals surface area contributed by atoms with Gasteiger partial charge in [-0.05, 0) is 12.8 Å². The molecule has 1 aliphatic rings. The predicted molar refractivity (Wildman–Crippen MR) is 40.4 cm³/mol. The van der Waals surface area contributed by atoms with Gasteiger partial charge in [-0.2, -0.15) is 5.26 Å². The second-order valence-corrected chi connectivity index (χ2v) is 2.50. The van der Waals surface area contributed by atoms with Crippen LogP contribution in [0.4, 0.5) is 0 Å². The largest absolute Gasteiger partial charge is 0.312 e. The fourth-order valence-electron chi connectivity index (χ4n) is 1.12. The van der Waals surface area contributed by atoms with E-state index in [1.54, 1.807) is 0 Å².